The van der Waals surface area contributed by atoms with Gasteiger partial charge < -0.3 is 14.3 Å². The van der Waals surface area contributed by atoms with Gasteiger partial charge >= 0.3 is 5.97 Å². The number of esters is 1. The highest BCUT2D eigenvalue weighted by atomic mass is 16.5. The first-order valence-corrected chi connectivity index (χ1v) is 8.88. The molecule has 3 rings (SSSR count). The molecule has 0 aromatic carbocycles. The van der Waals surface area contributed by atoms with Crippen molar-refractivity contribution in [2.75, 3.05) is 0 Å². The molecule has 1 aromatic rings. The van der Waals surface area contributed by atoms with Gasteiger partial charge in [-0.05, 0) is 68.4 Å². The summed E-state index contributed by atoms with van der Waals surface area (Å²) in [5.74, 6) is 0.834. The molecule has 4 heteroatoms. The summed E-state index contributed by atoms with van der Waals surface area (Å²) in [6, 6.07) is 0. The molecule has 1 saturated carbocycles. The number of allylic oxidation sites excluding steroid dienone is 1. The average Bonchev–Trinajstić information content (AvgIpc) is 2.91. The molecule has 24 heavy (non-hydrogen) atoms. The fourth-order valence-electron chi connectivity index (χ4n) is 4.53. The Morgan fingerprint density at radius 2 is 2.17 bits per heavy atom. The second kappa shape index (κ2) is 6.07. The summed E-state index contributed by atoms with van der Waals surface area (Å²) in [6.07, 6.45) is 5.35. The van der Waals surface area contributed by atoms with E-state index in [4.69, 9.17) is 9.15 Å². The number of carbonyl (C=O) groups is 1. The Bertz CT molecular complexity index is 671. The van der Waals surface area contributed by atoms with Crippen molar-refractivity contribution in [3.63, 3.8) is 0 Å². The first-order valence-electron chi connectivity index (χ1n) is 8.88. The minimum Gasteiger partial charge on any atom is -0.466 e. The van der Waals surface area contributed by atoms with E-state index in [0.717, 1.165) is 36.1 Å². The van der Waals surface area contributed by atoms with E-state index in [0.29, 0.717) is 5.57 Å². The third-order valence-corrected chi connectivity index (χ3v) is 6.56. The quantitative estimate of drug-likeness (QED) is 0.654. The van der Waals surface area contributed by atoms with Crippen molar-refractivity contribution >= 4 is 5.97 Å². The zero-order valence-electron chi connectivity index (χ0n) is 15.3. The Morgan fingerprint density at radius 3 is 2.83 bits per heavy atom. The molecule has 2 aliphatic carbocycles. The molecule has 1 aromatic heterocycles. The molecular weight excluding hydrogens is 304 g/mol. The van der Waals surface area contributed by atoms with Gasteiger partial charge in [0, 0.05) is 5.57 Å². The SMILES string of the molecule is CC=C(C)C(=O)OC1CCC2C(O)c3occ(C)c3CC2(C)C1C. The minimum absolute atomic E-state index is 0.102. The molecule has 1 N–H and O–H groups in total. The van der Waals surface area contributed by atoms with Crippen molar-refractivity contribution in [1.29, 1.82) is 0 Å². The van der Waals surface area contributed by atoms with Gasteiger partial charge in [-0.2, -0.15) is 0 Å². The highest BCUT2D eigenvalue weighted by Crippen LogP contribution is 2.57. The number of fused-ring (bicyclic) bond motifs is 2. The van der Waals surface area contributed by atoms with Gasteiger partial charge in [0.05, 0.1) is 6.26 Å². The fraction of sp³-hybridized carbons (Fsp3) is 0.650. The molecule has 0 amide bonds. The summed E-state index contributed by atoms with van der Waals surface area (Å²) in [4.78, 5) is 12.2. The number of aliphatic hydroxyl groups is 1. The monoisotopic (exact) mass is 332 g/mol. The zero-order chi connectivity index (χ0) is 17.6. The van der Waals surface area contributed by atoms with Gasteiger partial charge in [0.15, 0.2) is 0 Å². The summed E-state index contributed by atoms with van der Waals surface area (Å²) < 4.78 is 11.4. The third kappa shape index (κ3) is 2.52. The van der Waals surface area contributed by atoms with E-state index >= 15 is 0 Å². The van der Waals surface area contributed by atoms with Crippen molar-refractivity contribution in [2.24, 2.45) is 17.3 Å². The number of furan rings is 1. The lowest BCUT2D eigenvalue weighted by Gasteiger charge is -2.53. The molecule has 0 saturated heterocycles. The van der Waals surface area contributed by atoms with Crippen LogP contribution in [0.1, 0.15) is 63.5 Å². The maximum Gasteiger partial charge on any atom is 0.333 e. The summed E-state index contributed by atoms with van der Waals surface area (Å²) in [7, 11) is 0. The number of hydrogen-bond acceptors (Lipinski definition) is 4. The van der Waals surface area contributed by atoms with Crippen molar-refractivity contribution in [3.8, 4) is 0 Å². The molecule has 5 atom stereocenters. The Hall–Kier alpha value is -1.55. The molecule has 0 radical (unpaired) electrons. The Morgan fingerprint density at radius 1 is 1.46 bits per heavy atom. The molecule has 5 unspecified atom stereocenters. The van der Waals surface area contributed by atoms with Gasteiger partial charge in [-0.1, -0.05) is 19.9 Å². The van der Waals surface area contributed by atoms with Gasteiger partial charge in [0.25, 0.3) is 0 Å². The van der Waals surface area contributed by atoms with Crippen LogP contribution in [0.5, 0.6) is 0 Å². The van der Waals surface area contributed by atoms with Crippen LogP contribution in [-0.4, -0.2) is 17.2 Å². The predicted octanol–water partition coefficient (Wildman–Crippen LogP) is 4.11. The van der Waals surface area contributed by atoms with Crippen LogP contribution < -0.4 is 0 Å². The van der Waals surface area contributed by atoms with Gasteiger partial charge in [-0.3, -0.25) is 0 Å². The van der Waals surface area contributed by atoms with Crippen molar-refractivity contribution < 1.29 is 19.1 Å². The van der Waals surface area contributed by atoms with Crippen molar-refractivity contribution in [2.45, 2.75) is 66.1 Å². The Balaban J connectivity index is 1.87. The minimum atomic E-state index is -0.566. The van der Waals surface area contributed by atoms with E-state index < -0.39 is 6.10 Å². The van der Waals surface area contributed by atoms with E-state index in [2.05, 4.69) is 13.8 Å². The van der Waals surface area contributed by atoms with Crippen LogP contribution in [0.25, 0.3) is 0 Å². The first kappa shape index (κ1) is 17.3. The molecule has 0 spiro atoms. The molecule has 1 heterocycles. The standard InChI is InChI=1S/C20H28O4/c1-6-11(2)19(22)24-16-8-7-15-17(21)18-14(12(3)10-23-18)9-20(15,5)13(16)4/h6,10,13,15-17,21H,7-9H2,1-5H3. The summed E-state index contributed by atoms with van der Waals surface area (Å²) in [5, 5.41) is 10.8. The largest absolute Gasteiger partial charge is 0.466 e. The van der Waals surface area contributed by atoms with E-state index in [1.165, 1.54) is 0 Å². The zero-order valence-corrected chi connectivity index (χ0v) is 15.3. The van der Waals surface area contributed by atoms with Crippen LogP contribution in [0.4, 0.5) is 0 Å². The number of aryl methyl sites for hydroxylation is 1. The lowest BCUT2D eigenvalue weighted by molar-refractivity contribution is -0.161. The number of rotatable bonds is 2. The second-order valence-electron chi connectivity index (χ2n) is 7.78. The lowest BCUT2D eigenvalue weighted by atomic mass is 9.54. The number of hydrogen-bond donors (Lipinski definition) is 1. The molecule has 1 fully saturated rings. The van der Waals surface area contributed by atoms with Crippen LogP contribution in [0.3, 0.4) is 0 Å². The molecule has 132 valence electrons. The summed E-state index contributed by atoms with van der Waals surface area (Å²) in [6.45, 7) is 10.0. The maximum absolute atomic E-state index is 12.2. The number of aliphatic hydroxyl groups excluding tert-OH is 1. The van der Waals surface area contributed by atoms with Crippen LogP contribution in [0.15, 0.2) is 22.3 Å². The highest BCUT2D eigenvalue weighted by molar-refractivity contribution is 5.87. The maximum atomic E-state index is 12.2. The molecule has 0 bridgehead atoms. The first-order chi connectivity index (χ1) is 11.3. The van der Waals surface area contributed by atoms with Gasteiger partial charge in [0.2, 0.25) is 0 Å². The van der Waals surface area contributed by atoms with Gasteiger partial charge in [0.1, 0.15) is 18.0 Å². The van der Waals surface area contributed by atoms with Crippen LogP contribution >= 0.6 is 0 Å². The summed E-state index contributed by atoms with van der Waals surface area (Å²) in [5.41, 5.74) is 2.77. The fourth-order valence-corrected chi connectivity index (χ4v) is 4.53. The number of carbonyl (C=O) groups excluding carboxylic acids is 1. The van der Waals surface area contributed by atoms with Crippen molar-refractivity contribution in [3.05, 3.63) is 34.8 Å². The lowest BCUT2D eigenvalue weighted by Crippen LogP contribution is -2.51. The normalized spacial score (nSPS) is 36.0. The van der Waals surface area contributed by atoms with Crippen LogP contribution in [-0.2, 0) is 16.0 Å². The van der Waals surface area contributed by atoms with Gasteiger partial charge in [-0.15, -0.1) is 0 Å². The highest BCUT2D eigenvalue weighted by Gasteiger charge is 2.54. The second-order valence-corrected chi connectivity index (χ2v) is 7.78. The Labute approximate surface area is 143 Å². The van der Waals surface area contributed by atoms with E-state index in [-0.39, 0.29) is 29.3 Å². The summed E-state index contributed by atoms with van der Waals surface area (Å²) >= 11 is 0. The predicted molar refractivity (Wildman–Crippen MR) is 91.4 cm³/mol. The smallest absolute Gasteiger partial charge is 0.333 e. The Kier molecular flexibility index (Phi) is 4.37. The molecule has 4 nitrogen and oxygen atoms in total. The topological polar surface area (TPSA) is 59.7 Å². The van der Waals surface area contributed by atoms with Crippen LogP contribution in [0.2, 0.25) is 0 Å². The average molecular weight is 332 g/mol. The molecule has 0 aliphatic heterocycles. The molecule has 2 aliphatic rings. The third-order valence-electron chi connectivity index (χ3n) is 6.56. The van der Waals surface area contributed by atoms with Crippen LogP contribution in [0, 0.1) is 24.2 Å². The molecular formula is C20H28O4. The van der Waals surface area contributed by atoms with Crippen molar-refractivity contribution in [1.82, 2.24) is 0 Å². The van der Waals surface area contributed by atoms with E-state index in [1.807, 2.05) is 13.8 Å². The number of ether oxygens (including phenoxy) is 1. The van der Waals surface area contributed by atoms with E-state index in [9.17, 15) is 9.90 Å². The van der Waals surface area contributed by atoms with E-state index in [1.54, 1.807) is 19.3 Å². The van der Waals surface area contributed by atoms with Gasteiger partial charge in [-0.25, -0.2) is 4.79 Å².